The number of nitrogens with zero attached hydrogens (tertiary/aromatic N) is 2. The first-order valence-corrected chi connectivity index (χ1v) is 6.77. The molecule has 0 saturated heterocycles. The lowest BCUT2D eigenvalue weighted by molar-refractivity contribution is -0.132. The molecule has 5 heteroatoms. The zero-order chi connectivity index (χ0) is 14.0. The van der Waals surface area contributed by atoms with Crippen molar-refractivity contribution in [2.45, 2.75) is 32.7 Å². The third-order valence-electron chi connectivity index (χ3n) is 3.22. The molecule has 0 aromatic rings. The molecule has 1 atom stereocenters. The van der Waals surface area contributed by atoms with Crippen LogP contribution in [-0.2, 0) is 9.53 Å². The fraction of sp³-hybridized carbons (Fsp3) is 0.923. The van der Waals surface area contributed by atoms with E-state index >= 15 is 0 Å². The molecule has 0 fully saturated rings. The van der Waals surface area contributed by atoms with Gasteiger partial charge in [0.05, 0.1) is 13.2 Å². The van der Waals surface area contributed by atoms with Crippen LogP contribution in [0.25, 0.3) is 0 Å². The summed E-state index contributed by atoms with van der Waals surface area (Å²) in [6.45, 7) is 7.30. The second-order valence-corrected chi connectivity index (χ2v) is 4.52. The van der Waals surface area contributed by atoms with E-state index in [2.05, 4.69) is 4.90 Å². The topological polar surface area (TPSA) is 58.8 Å². The van der Waals surface area contributed by atoms with E-state index in [0.29, 0.717) is 19.7 Å². The van der Waals surface area contributed by atoms with Crippen molar-refractivity contribution < 1.29 is 9.53 Å². The standard InChI is InChI=1S/C13H29N3O2/c1-5-16(6-2)13(17)10-15(3)12(11-18-4)8-7-9-14/h12H,5-11,14H2,1-4H3. The van der Waals surface area contributed by atoms with E-state index in [4.69, 9.17) is 10.5 Å². The highest BCUT2D eigenvalue weighted by Gasteiger charge is 2.19. The Morgan fingerprint density at radius 1 is 1.33 bits per heavy atom. The third-order valence-corrected chi connectivity index (χ3v) is 3.22. The van der Waals surface area contributed by atoms with Crippen LogP contribution in [0.3, 0.4) is 0 Å². The van der Waals surface area contributed by atoms with Crippen LogP contribution in [0.5, 0.6) is 0 Å². The molecular weight excluding hydrogens is 230 g/mol. The molecule has 18 heavy (non-hydrogen) atoms. The van der Waals surface area contributed by atoms with Gasteiger partial charge in [-0.05, 0) is 40.3 Å². The van der Waals surface area contributed by atoms with Crippen molar-refractivity contribution in [2.75, 3.05) is 46.9 Å². The first-order valence-electron chi connectivity index (χ1n) is 6.77. The first-order chi connectivity index (χ1) is 8.60. The predicted molar refractivity (Wildman–Crippen MR) is 74.5 cm³/mol. The van der Waals surface area contributed by atoms with Crippen molar-refractivity contribution in [3.05, 3.63) is 0 Å². The largest absolute Gasteiger partial charge is 0.383 e. The van der Waals surface area contributed by atoms with Crippen LogP contribution >= 0.6 is 0 Å². The lowest BCUT2D eigenvalue weighted by Gasteiger charge is -2.29. The summed E-state index contributed by atoms with van der Waals surface area (Å²) in [4.78, 5) is 15.9. The van der Waals surface area contributed by atoms with Crippen LogP contribution in [0.15, 0.2) is 0 Å². The molecule has 0 saturated carbocycles. The van der Waals surface area contributed by atoms with Gasteiger partial charge >= 0.3 is 0 Å². The second-order valence-electron chi connectivity index (χ2n) is 4.52. The first kappa shape index (κ1) is 17.4. The quantitative estimate of drug-likeness (QED) is 0.622. The van der Waals surface area contributed by atoms with E-state index in [1.54, 1.807) is 7.11 Å². The number of likely N-dealkylation sites (N-methyl/N-ethyl adjacent to an activating group) is 2. The zero-order valence-corrected chi connectivity index (χ0v) is 12.3. The summed E-state index contributed by atoms with van der Waals surface area (Å²) < 4.78 is 5.21. The molecule has 0 aliphatic carbocycles. The van der Waals surface area contributed by atoms with Gasteiger partial charge in [0.15, 0.2) is 0 Å². The molecule has 0 radical (unpaired) electrons. The summed E-state index contributed by atoms with van der Waals surface area (Å²) in [5.74, 6) is 0.177. The Labute approximate surface area is 111 Å². The highest BCUT2D eigenvalue weighted by atomic mass is 16.5. The van der Waals surface area contributed by atoms with Gasteiger partial charge in [0.25, 0.3) is 0 Å². The Hall–Kier alpha value is -0.650. The van der Waals surface area contributed by atoms with Crippen molar-refractivity contribution >= 4 is 5.91 Å². The minimum atomic E-state index is 0.177. The fourth-order valence-corrected chi connectivity index (χ4v) is 2.00. The van der Waals surface area contributed by atoms with E-state index in [1.807, 2.05) is 25.8 Å². The van der Waals surface area contributed by atoms with E-state index in [0.717, 1.165) is 25.9 Å². The maximum atomic E-state index is 12.0. The lowest BCUT2D eigenvalue weighted by atomic mass is 10.1. The smallest absolute Gasteiger partial charge is 0.236 e. The van der Waals surface area contributed by atoms with Crippen LogP contribution in [0, 0.1) is 0 Å². The number of nitrogens with two attached hydrogens (primary N) is 1. The molecule has 0 aliphatic heterocycles. The van der Waals surface area contributed by atoms with Crippen molar-refractivity contribution in [3.63, 3.8) is 0 Å². The van der Waals surface area contributed by atoms with Gasteiger partial charge in [-0.25, -0.2) is 0 Å². The lowest BCUT2D eigenvalue weighted by Crippen LogP contribution is -2.44. The van der Waals surface area contributed by atoms with Crippen molar-refractivity contribution in [3.8, 4) is 0 Å². The van der Waals surface area contributed by atoms with Crippen molar-refractivity contribution in [2.24, 2.45) is 5.73 Å². The van der Waals surface area contributed by atoms with Crippen molar-refractivity contribution in [1.82, 2.24) is 9.80 Å². The normalized spacial score (nSPS) is 12.8. The molecule has 0 heterocycles. The number of carbonyl (C=O) groups excluding carboxylic acids is 1. The SMILES string of the molecule is CCN(CC)C(=O)CN(C)C(CCCN)COC. The van der Waals surface area contributed by atoms with Crippen LogP contribution in [0.1, 0.15) is 26.7 Å². The number of ether oxygens (including phenoxy) is 1. The summed E-state index contributed by atoms with van der Waals surface area (Å²) in [7, 11) is 3.66. The monoisotopic (exact) mass is 259 g/mol. The summed E-state index contributed by atoms with van der Waals surface area (Å²) in [6.07, 6.45) is 1.92. The van der Waals surface area contributed by atoms with Gasteiger partial charge in [-0.15, -0.1) is 0 Å². The predicted octanol–water partition coefficient (Wildman–Crippen LogP) is 0.541. The number of hydrogen-bond acceptors (Lipinski definition) is 4. The van der Waals surface area contributed by atoms with E-state index in [1.165, 1.54) is 0 Å². The van der Waals surface area contributed by atoms with Crippen LogP contribution in [0.4, 0.5) is 0 Å². The minimum Gasteiger partial charge on any atom is -0.383 e. The summed E-state index contributed by atoms with van der Waals surface area (Å²) in [6, 6.07) is 0.262. The Balaban J connectivity index is 4.29. The minimum absolute atomic E-state index is 0.177. The number of hydrogen-bond donors (Lipinski definition) is 1. The average molecular weight is 259 g/mol. The van der Waals surface area contributed by atoms with E-state index in [9.17, 15) is 4.79 Å². The molecule has 0 spiro atoms. The molecular formula is C13H29N3O2. The van der Waals surface area contributed by atoms with Gasteiger partial charge in [0, 0.05) is 26.2 Å². The third kappa shape index (κ3) is 6.33. The Morgan fingerprint density at radius 3 is 2.39 bits per heavy atom. The maximum absolute atomic E-state index is 12.0. The molecule has 1 amide bonds. The van der Waals surface area contributed by atoms with Crippen LogP contribution < -0.4 is 5.73 Å². The molecule has 0 aromatic carbocycles. The molecule has 0 bridgehead atoms. The average Bonchev–Trinajstić information content (AvgIpc) is 2.35. The van der Waals surface area contributed by atoms with Crippen LogP contribution in [-0.4, -0.2) is 68.7 Å². The van der Waals surface area contributed by atoms with Gasteiger partial charge in [0.1, 0.15) is 0 Å². The van der Waals surface area contributed by atoms with Gasteiger partial charge in [-0.1, -0.05) is 0 Å². The number of methoxy groups -OCH3 is 1. The summed E-state index contributed by atoms with van der Waals surface area (Å²) in [5.41, 5.74) is 5.53. The van der Waals surface area contributed by atoms with Crippen molar-refractivity contribution in [1.29, 1.82) is 0 Å². The highest BCUT2D eigenvalue weighted by Crippen LogP contribution is 2.06. The molecule has 0 aliphatic rings. The van der Waals surface area contributed by atoms with Gasteiger partial charge < -0.3 is 15.4 Å². The molecule has 2 N–H and O–H groups in total. The Kier molecular flexibility index (Phi) is 9.92. The summed E-state index contributed by atoms with van der Waals surface area (Å²) in [5, 5.41) is 0. The molecule has 0 rings (SSSR count). The summed E-state index contributed by atoms with van der Waals surface area (Å²) >= 11 is 0. The highest BCUT2D eigenvalue weighted by molar-refractivity contribution is 5.78. The van der Waals surface area contributed by atoms with Gasteiger partial charge in [0.2, 0.25) is 5.91 Å². The second kappa shape index (κ2) is 10.3. The Bertz CT molecular complexity index is 220. The molecule has 5 nitrogen and oxygen atoms in total. The van der Waals surface area contributed by atoms with E-state index in [-0.39, 0.29) is 11.9 Å². The Morgan fingerprint density at radius 2 is 1.94 bits per heavy atom. The van der Waals surface area contributed by atoms with Gasteiger partial charge in [-0.2, -0.15) is 0 Å². The van der Waals surface area contributed by atoms with Crippen LogP contribution in [0.2, 0.25) is 0 Å². The maximum Gasteiger partial charge on any atom is 0.236 e. The van der Waals surface area contributed by atoms with E-state index < -0.39 is 0 Å². The number of carbonyl (C=O) groups is 1. The molecule has 108 valence electrons. The molecule has 1 unspecified atom stereocenters. The zero-order valence-electron chi connectivity index (χ0n) is 12.3. The number of rotatable bonds is 10. The molecule has 0 aromatic heterocycles. The van der Waals surface area contributed by atoms with Gasteiger partial charge in [-0.3, -0.25) is 9.69 Å². The fourth-order valence-electron chi connectivity index (χ4n) is 2.00. The number of amides is 1.